The van der Waals surface area contributed by atoms with Gasteiger partial charge in [-0.25, -0.2) is 0 Å². The Kier molecular flexibility index (Phi) is 3.64. The molecule has 1 aromatic carbocycles. The number of nitrogens with one attached hydrogen (secondary N) is 1. The number of aryl methyl sites for hydroxylation is 1. The van der Waals surface area contributed by atoms with Gasteiger partial charge in [0.05, 0.1) is 18.0 Å². The second-order valence-electron chi connectivity index (χ2n) is 4.60. The zero-order valence-electron chi connectivity index (χ0n) is 10.0. The first-order valence-corrected chi connectivity index (χ1v) is 5.89. The van der Waals surface area contributed by atoms with Gasteiger partial charge in [0, 0.05) is 0 Å². The quantitative estimate of drug-likeness (QED) is 0.765. The van der Waals surface area contributed by atoms with Gasteiger partial charge in [0.15, 0.2) is 0 Å². The van der Waals surface area contributed by atoms with E-state index in [0.29, 0.717) is 23.9 Å². The van der Waals surface area contributed by atoms with Gasteiger partial charge in [-0.2, -0.15) is 0 Å². The van der Waals surface area contributed by atoms with Gasteiger partial charge >= 0.3 is 0 Å². The van der Waals surface area contributed by atoms with Crippen LogP contribution < -0.4 is 11.1 Å². The summed E-state index contributed by atoms with van der Waals surface area (Å²) in [7, 11) is 0. The van der Waals surface area contributed by atoms with Crippen LogP contribution in [0.4, 0.5) is 11.4 Å². The lowest BCUT2D eigenvalue weighted by molar-refractivity contribution is -0.120. The van der Waals surface area contributed by atoms with Gasteiger partial charge < -0.3 is 15.8 Å². The molecule has 1 aliphatic carbocycles. The van der Waals surface area contributed by atoms with Crippen molar-refractivity contribution in [1.82, 2.24) is 0 Å². The van der Waals surface area contributed by atoms with Crippen LogP contribution >= 0.6 is 0 Å². The predicted molar refractivity (Wildman–Crippen MR) is 67.8 cm³/mol. The van der Waals surface area contributed by atoms with E-state index in [1.807, 2.05) is 25.1 Å². The Bertz CT molecular complexity index is 414. The van der Waals surface area contributed by atoms with Crippen LogP contribution in [0.2, 0.25) is 0 Å². The summed E-state index contributed by atoms with van der Waals surface area (Å²) >= 11 is 0. The summed E-state index contributed by atoms with van der Waals surface area (Å²) in [5.74, 6) is 0.522. The summed E-state index contributed by atoms with van der Waals surface area (Å²) in [6, 6.07) is 5.56. The highest BCUT2D eigenvalue weighted by molar-refractivity contribution is 5.94. The maximum absolute atomic E-state index is 11.6. The predicted octanol–water partition coefficient (Wildman–Crippen LogP) is 1.94. The number of carbonyl (C=O) groups excluding carboxylic acids is 1. The molecule has 92 valence electrons. The summed E-state index contributed by atoms with van der Waals surface area (Å²) in [4.78, 5) is 11.6. The Morgan fingerprint density at radius 2 is 2.29 bits per heavy atom. The van der Waals surface area contributed by atoms with E-state index in [1.165, 1.54) is 12.8 Å². The Labute approximate surface area is 101 Å². The van der Waals surface area contributed by atoms with Crippen molar-refractivity contribution in [3.63, 3.8) is 0 Å². The molecule has 0 aromatic heterocycles. The molecule has 3 N–H and O–H groups in total. The molecule has 0 radical (unpaired) electrons. The first-order chi connectivity index (χ1) is 8.15. The van der Waals surface area contributed by atoms with Gasteiger partial charge in [-0.1, -0.05) is 6.07 Å². The van der Waals surface area contributed by atoms with Crippen LogP contribution in [0.15, 0.2) is 18.2 Å². The minimum Gasteiger partial charge on any atom is -0.397 e. The number of rotatable bonds is 5. The fraction of sp³-hybridized carbons (Fsp3) is 0.462. The SMILES string of the molecule is Cc1ccc(NC(=O)COCC2CC2)c(N)c1. The third-order valence-electron chi connectivity index (χ3n) is 2.76. The number of benzene rings is 1. The maximum Gasteiger partial charge on any atom is 0.250 e. The number of hydrogen-bond acceptors (Lipinski definition) is 3. The van der Waals surface area contributed by atoms with E-state index in [1.54, 1.807) is 0 Å². The topological polar surface area (TPSA) is 64.3 Å². The molecule has 1 saturated carbocycles. The zero-order chi connectivity index (χ0) is 12.3. The van der Waals surface area contributed by atoms with Gasteiger partial charge in [-0.15, -0.1) is 0 Å². The first kappa shape index (κ1) is 11.9. The summed E-state index contributed by atoms with van der Waals surface area (Å²) < 4.78 is 5.30. The number of hydrogen-bond donors (Lipinski definition) is 2. The molecule has 0 unspecified atom stereocenters. The van der Waals surface area contributed by atoms with Gasteiger partial charge in [0.25, 0.3) is 0 Å². The number of nitrogens with two attached hydrogens (primary N) is 1. The average molecular weight is 234 g/mol. The van der Waals surface area contributed by atoms with Gasteiger partial charge in [-0.05, 0) is 43.4 Å². The van der Waals surface area contributed by atoms with E-state index >= 15 is 0 Å². The third kappa shape index (κ3) is 3.75. The third-order valence-corrected chi connectivity index (χ3v) is 2.76. The Balaban J connectivity index is 1.79. The minimum atomic E-state index is -0.152. The summed E-state index contributed by atoms with van der Waals surface area (Å²) in [5.41, 5.74) is 8.11. The standard InChI is InChI=1S/C13H18N2O2/c1-9-2-5-12(11(14)6-9)15-13(16)8-17-7-10-3-4-10/h2,5-6,10H,3-4,7-8,14H2,1H3,(H,15,16). The number of amides is 1. The fourth-order valence-electron chi connectivity index (χ4n) is 1.59. The molecule has 1 amide bonds. The molecule has 17 heavy (non-hydrogen) atoms. The van der Waals surface area contributed by atoms with Crippen LogP contribution in [0.1, 0.15) is 18.4 Å². The Morgan fingerprint density at radius 3 is 2.94 bits per heavy atom. The molecule has 1 aliphatic rings. The summed E-state index contributed by atoms with van der Waals surface area (Å²) in [6.45, 7) is 2.75. The molecule has 2 rings (SSSR count). The lowest BCUT2D eigenvalue weighted by atomic mass is 10.2. The van der Waals surface area contributed by atoms with Crippen LogP contribution in [0.25, 0.3) is 0 Å². The molecule has 4 nitrogen and oxygen atoms in total. The minimum absolute atomic E-state index is 0.101. The monoisotopic (exact) mass is 234 g/mol. The lowest BCUT2D eigenvalue weighted by Gasteiger charge is -2.09. The van der Waals surface area contributed by atoms with Crippen molar-refractivity contribution >= 4 is 17.3 Å². The molecule has 4 heteroatoms. The zero-order valence-corrected chi connectivity index (χ0v) is 10.0. The van der Waals surface area contributed by atoms with Crippen LogP contribution in [0, 0.1) is 12.8 Å². The van der Waals surface area contributed by atoms with Crippen molar-refractivity contribution in [3.8, 4) is 0 Å². The largest absolute Gasteiger partial charge is 0.397 e. The number of carbonyl (C=O) groups is 1. The van der Waals surface area contributed by atoms with Crippen molar-refractivity contribution in [3.05, 3.63) is 23.8 Å². The highest BCUT2D eigenvalue weighted by atomic mass is 16.5. The highest BCUT2D eigenvalue weighted by Gasteiger charge is 2.21. The van der Waals surface area contributed by atoms with Crippen molar-refractivity contribution in [2.75, 3.05) is 24.3 Å². The number of nitrogen functional groups attached to an aromatic ring is 1. The van der Waals surface area contributed by atoms with Gasteiger partial charge in [0.1, 0.15) is 6.61 Å². The Hall–Kier alpha value is -1.55. The molecule has 1 fully saturated rings. The molecule has 0 atom stereocenters. The molecule has 0 saturated heterocycles. The molecule has 0 bridgehead atoms. The van der Waals surface area contributed by atoms with Crippen LogP contribution in [-0.2, 0) is 9.53 Å². The fourth-order valence-corrected chi connectivity index (χ4v) is 1.59. The van der Waals surface area contributed by atoms with Gasteiger partial charge in [0.2, 0.25) is 5.91 Å². The smallest absolute Gasteiger partial charge is 0.250 e. The van der Waals surface area contributed by atoms with Crippen LogP contribution in [0.3, 0.4) is 0 Å². The molecular formula is C13H18N2O2. The summed E-state index contributed by atoms with van der Waals surface area (Å²) in [5, 5.41) is 2.74. The van der Waals surface area contributed by atoms with Crippen molar-refractivity contribution in [2.45, 2.75) is 19.8 Å². The van der Waals surface area contributed by atoms with E-state index in [-0.39, 0.29) is 12.5 Å². The maximum atomic E-state index is 11.6. The average Bonchev–Trinajstić information content (AvgIpc) is 3.06. The lowest BCUT2D eigenvalue weighted by Crippen LogP contribution is -2.19. The Morgan fingerprint density at radius 1 is 1.53 bits per heavy atom. The first-order valence-electron chi connectivity index (χ1n) is 5.89. The second kappa shape index (κ2) is 5.19. The molecule has 0 aliphatic heterocycles. The van der Waals surface area contributed by atoms with E-state index in [4.69, 9.17) is 10.5 Å². The summed E-state index contributed by atoms with van der Waals surface area (Å²) in [6.07, 6.45) is 2.46. The van der Waals surface area contributed by atoms with E-state index in [9.17, 15) is 4.79 Å². The molecule has 0 spiro atoms. The van der Waals surface area contributed by atoms with E-state index in [0.717, 1.165) is 5.56 Å². The van der Waals surface area contributed by atoms with Gasteiger partial charge in [-0.3, -0.25) is 4.79 Å². The van der Waals surface area contributed by atoms with Crippen LogP contribution in [0.5, 0.6) is 0 Å². The number of anilines is 2. The highest BCUT2D eigenvalue weighted by Crippen LogP contribution is 2.28. The van der Waals surface area contributed by atoms with E-state index < -0.39 is 0 Å². The molecular weight excluding hydrogens is 216 g/mol. The molecule has 0 heterocycles. The second-order valence-corrected chi connectivity index (χ2v) is 4.60. The van der Waals surface area contributed by atoms with Crippen LogP contribution in [-0.4, -0.2) is 19.1 Å². The van der Waals surface area contributed by atoms with Crippen molar-refractivity contribution < 1.29 is 9.53 Å². The van der Waals surface area contributed by atoms with E-state index in [2.05, 4.69) is 5.32 Å². The molecule has 1 aromatic rings. The number of ether oxygens (including phenoxy) is 1. The van der Waals surface area contributed by atoms with Crippen molar-refractivity contribution in [1.29, 1.82) is 0 Å². The normalized spacial score (nSPS) is 14.6. The van der Waals surface area contributed by atoms with Crippen molar-refractivity contribution in [2.24, 2.45) is 5.92 Å².